The van der Waals surface area contributed by atoms with E-state index >= 15 is 0 Å². The maximum atomic E-state index is 13.3. The number of halogens is 3. The predicted molar refractivity (Wildman–Crippen MR) is 75.6 cm³/mol. The summed E-state index contributed by atoms with van der Waals surface area (Å²) in [6.07, 6.45) is -3.16. The van der Waals surface area contributed by atoms with E-state index in [1.165, 1.54) is 31.4 Å². The minimum absolute atomic E-state index is 0.0118. The van der Waals surface area contributed by atoms with Crippen LogP contribution < -0.4 is 10.1 Å². The number of methoxy groups -OCH3 is 1. The number of amides is 1. The number of carbonyl (C=O) groups excluding carboxylic acids is 1. The van der Waals surface area contributed by atoms with Crippen LogP contribution in [0.4, 0.5) is 13.2 Å². The van der Waals surface area contributed by atoms with Gasteiger partial charge in [0.15, 0.2) is 6.04 Å². The Morgan fingerprint density at radius 2 is 2.00 bits per heavy atom. The van der Waals surface area contributed by atoms with E-state index in [-0.39, 0.29) is 5.56 Å². The summed E-state index contributed by atoms with van der Waals surface area (Å²) in [6, 6.07) is 3.01. The summed E-state index contributed by atoms with van der Waals surface area (Å²) in [5.74, 6) is -0.121. The van der Waals surface area contributed by atoms with Gasteiger partial charge in [-0.2, -0.15) is 13.2 Å². The summed E-state index contributed by atoms with van der Waals surface area (Å²) in [6.45, 7) is 0.720. The van der Waals surface area contributed by atoms with Crippen molar-refractivity contribution in [3.05, 3.63) is 29.8 Å². The monoisotopic (exact) mass is 316 g/mol. The molecule has 1 amide bonds. The molecule has 2 rings (SSSR count). The molecular weight excluding hydrogens is 297 g/mol. The lowest BCUT2D eigenvalue weighted by Crippen LogP contribution is -2.46. The number of nitrogens with zero attached hydrogens (tertiary/aromatic N) is 1. The van der Waals surface area contributed by atoms with Crippen LogP contribution in [0.2, 0.25) is 0 Å². The van der Waals surface area contributed by atoms with Crippen molar-refractivity contribution in [3.8, 4) is 5.75 Å². The normalized spacial score (nSPS) is 20.7. The summed E-state index contributed by atoms with van der Waals surface area (Å²) < 4.78 is 44.8. The second-order valence-corrected chi connectivity index (χ2v) is 5.40. The standard InChI is InChI=1S/C15H19F3N2O2/c1-20-9-3-4-12(20)14(21)19-13(15(16,17)18)10-5-7-11(22-2)8-6-10/h5-8,12-13H,3-4,9H2,1-2H3,(H,19,21)/t12-,13+/m0/s1. The van der Waals surface area contributed by atoms with E-state index in [2.05, 4.69) is 5.32 Å². The van der Waals surface area contributed by atoms with Crippen molar-refractivity contribution < 1.29 is 22.7 Å². The highest BCUT2D eigenvalue weighted by Crippen LogP contribution is 2.33. The molecule has 1 heterocycles. The molecule has 4 nitrogen and oxygen atoms in total. The van der Waals surface area contributed by atoms with Crippen LogP contribution in [0.5, 0.6) is 5.75 Å². The average molecular weight is 316 g/mol. The number of alkyl halides is 3. The molecule has 0 aromatic heterocycles. The zero-order chi connectivity index (χ0) is 16.3. The zero-order valence-corrected chi connectivity index (χ0v) is 12.5. The molecule has 0 bridgehead atoms. The molecule has 0 radical (unpaired) electrons. The smallest absolute Gasteiger partial charge is 0.412 e. The third-order valence-electron chi connectivity index (χ3n) is 3.89. The Balaban J connectivity index is 2.17. The van der Waals surface area contributed by atoms with Crippen molar-refractivity contribution >= 4 is 5.91 Å². The largest absolute Gasteiger partial charge is 0.497 e. The molecule has 0 aliphatic carbocycles. The summed E-state index contributed by atoms with van der Waals surface area (Å²) in [4.78, 5) is 13.9. The first kappa shape index (κ1) is 16.6. The predicted octanol–water partition coefficient (Wildman–Crippen LogP) is 2.51. The number of nitrogens with one attached hydrogen (secondary N) is 1. The van der Waals surface area contributed by atoms with Gasteiger partial charge in [0.1, 0.15) is 5.75 Å². The Morgan fingerprint density at radius 1 is 1.36 bits per heavy atom. The maximum Gasteiger partial charge on any atom is 0.412 e. The fourth-order valence-electron chi connectivity index (χ4n) is 2.63. The van der Waals surface area contributed by atoms with Gasteiger partial charge in [-0.15, -0.1) is 0 Å². The SMILES string of the molecule is COc1ccc([C@@H](NC(=O)[C@@H]2CCCN2C)C(F)(F)F)cc1. The number of ether oxygens (including phenoxy) is 1. The zero-order valence-electron chi connectivity index (χ0n) is 12.5. The lowest BCUT2D eigenvalue weighted by molar-refractivity contribution is -0.164. The number of likely N-dealkylation sites (N-methyl/N-ethyl adjacent to an activating group) is 1. The molecule has 1 aromatic rings. The first-order valence-corrected chi connectivity index (χ1v) is 7.04. The van der Waals surface area contributed by atoms with Crippen molar-refractivity contribution in [2.24, 2.45) is 0 Å². The van der Waals surface area contributed by atoms with Gasteiger partial charge in [0.2, 0.25) is 5.91 Å². The van der Waals surface area contributed by atoms with Gasteiger partial charge >= 0.3 is 6.18 Å². The summed E-state index contributed by atoms with van der Waals surface area (Å²) >= 11 is 0. The van der Waals surface area contributed by atoms with Gasteiger partial charge in [-0.3, -0.25) is 9.69 Å². The van der Waals surface area contributed by atoms with Crippen LogP contribution in [-0.2, 0) is 4.79 Å². The topological polar surface area (TPSA) is 41.6 Å². The molecule has 122 valence electrons. The Labute approximate surface area is 127 Å². The molecule has 1 saturated heterocycles. The van der Waals surface area contributed by atoms with Gasteiger partial charge in [-0.05, 0) is 44.1 Å². The van der Waals surface area contributed by atoms with Crippen molar-refractivity contribution in [1.82, 2.24) is 10.2 Å². The molecule has 1 N–H and O–H groups in total. The first-order chi connectivity index (χ1) is 10.3. The first-order valence-electron chi connectivity index (χ1n) is 7.04. The molecule has 1 aromatic carbocycles. The molecule has 1 aliphatic heterocycles. The van der Waals surface area contributed by atoms with E-state index in [1.54, 1.807) is 11.9 Å². The highest BCUT2D eigenvalue weighted by atomic mass is 19.4. The van der Waals surface area contributed by atoms with Crippen LogP contribution in [0.3, 0.4) is 0 Å². The highest BCUT2D eigenvalue weighted by molar-refractivity contribution is 5.82. The fourth-order valence-corrected chi connectivity index (χ4v) is 2.63. The minimum atomic E-state index is -4.55. The molecule has 1 fully saturated rings. The highest BCUT2D eigenvalue weighted by Gasteiger charge is 2.43. The van der Waals surface area contributed by atoms with Crippen molar-refractivity contribution in [2.75, 3.05) is 20.7 Å². The van der Waals surface area contributed by atoms with Gasteiger partial charge in [0.25, 0.3) is 0 Å². The van der Waals surface area contributed by atoms with Crippen LogP contribution in [0.15, 0.2) is 24.3 Å². The Morgan fingerprint density at radius 3 is 2.45 bits per heavy atom. The van der Waals surface area contributed by atoms with Gasteiger partial charge in [0.05, 0.1) is 13.2 Å². The third-order valence-corrected chi connectivity index (χ3v) is 3.89. The molecule has 22 heavy (non-hydrogen) atoms. The molecule has 2 atom stereocenters. The van der Waals surface area contributed by atoms with Gasteiger partial charge < -0.3 is 10.1 Å². The van der Waals surface area contributed by atoms with Crippen molar-refractivity contribution in [2.45, 2.75) is 31.1 Å². The minimum Gasteiger partial charge on any atom is -0.497 e. The number of carbonyl (C=O) groups is 1. The van der Waals surface area contributed by atoms with Gasteiger partial charge in [0, 0.05) is 0 Å². The van der Waals surface area contributed by atoms with E-state index < -0.39 is 24.2 Å². The van der Waals surface area contributed by atoms with E-state index in [4.69, 9.17) is 4.74 Å². The molecular formula is C15H19F3N2O2. The Hall–Kier alpha value is -1.76. The van der Waals surface area contributed by atoms with Crippen molar-refractivity contribution in [3.63, 3.8) is 0 Å². The summed E-state index contributed by atoms with van der Waals surface area (Å²) in [7, 11) is 3.18. The number of benzene rings is 1. The molecule has 0 spiro atoms. The number of likely N-dealkylation sites (tertiary alicyclic amines) is 1. The lowest BCUT2D eigenvalue weighted by Gasteiger charge is -2.26. The molecule has 0 saturated carbocycles. The Kier molecular flexibility index (Phi) is 4.95. The van der Waals surface area contributed by atoms with Crippen LogP contribution in [-0.4, -0.2) is 43.7 Å². The van der Waals surface area contributed by atoms with Gasteiger partial charge in [-0.1, -0.05) is 12.1 Å². The van der Waals surface area contributed by atoms with Gasteiger partial charge in [-0.25, -0.2) is 0 Å². The average Bonchev–Trinajstić information content (AvgIpc) is 2.90. The lowest BCUT2D eigenvalue weighted by atomic mass is 10.1. The van der Waals surface area contributed by atoms with Crippen molar-refractivity contribution in [1.29, 1.82) is 0 Å². The number of rotatable bonds is 4. The fraction of sp³-hybridized carbons (Fsp3) is 0.533. The molecule has 1 aliphatic rings. The third kappa shape index (κ3) is 3.71. The Bertz CT molecular complexity index is 517. The van der Waals surface area contributed by atoms with E-state index in [9.17, 15) is 18.0 Å². The number of hydrogen-bond donors (Lipinski definition) is 1. The molecule has 0 unspecified atom stereocenters. The van der Waals surface area contributed by atoms with Crippen LogP contribution in [0, 0.1) is 0 Å². The van der Waals surface area contributed by atoms with Crippen LogP contribution in [0.1, 0.15) is 24.4 Å². The van der Waals surface area contributed by atoms with Crippen LogP contribution >= 0.6 is 0 Å². The molecule has 7 heteroatoms. The quantitative estimate of drug-likeness (QED) is 0.928. The van der Waals surface area contributed by atoms with E-state index in [0.717, 1.165) is 13.0 Å². The second-order valence-electron chi connectivity index (χ2n) is 5.40. The number of hydrogen-bond acceptors (Lipinski definition) is 3. The van der Waals surface area contributed by atoms with E-state index in [0.29, 0.717) is 12.2 Å². The van der Waals surface area contributed by atoms with Crippen LogP contribution in [0.25, 0.3) is 0 Å². The maximum absolute atomic E-state index is 13.3. The van der Waals surface area contributed by atoms with E-state index in [1.807, 2.05) is 0 Å². The summed E-state index contributed by atoms with van der Waals surface area (Å²) in [5, 5.41) is 2.14. The second kappa shape index (κ2) is 6.56. The summed E-state index contributed by atoms with van der Waals surface area (Å²) in [5.41, 5.74) is -0.0118.